The Balaban J connectivity index is 0.00000312. The number of benzene rings is 1. The van der Waals surface area contributed by atoms with E-state index in [4.69, 9.17) is 0 Å². The smallest absolute Gasteiger partial charge is 0.357 e. The van der Waals surface area contributed by atoms with Crippen molar-refractivity contribution in [3.05, 3.63) is 51.5 Å². The van der Waals surface area contributed by atoms with Gasteiger partial charge in [0.2, 0.25) is 0 Å². The van der Waals surface area contributed by atoms with Crippen molar-refractivity contribution in [3.63, 3.8) is 0 Å². The molecule has 0 radical (unpaired) electrons. The van der Waals surface area contributed by atoms with Crippen LogP contribution in [-0.2, 0) is 19.3 Å². The summed E-state index contributed by atoms with van der Waals surface area (Å²) >= 11 is 0.976. The Hall–Kier alpha value is -1.36. The van der Waals surface area contributed by atoms with Crippen LogP contribution in [0.4, 0.5) is 13.2 Å². The summed E-state index contributed by atoms with van der Waals surface area (Å²) in [5, 5.41) is 7.45. The number of aliphatic imine (C=N–C) groups is 1. The van der Waals surface area contributed by atoms with Gasteiger partial charge in [-0.3, -0.25) is 0 Å². The number of thiazole rings is 1. The van der Waals surface area contributed by atoms with E-state index in [1.165, 1.54) is 5.56 Å². The second kappa shape index (κ2) is 9.95. The van der Waals surface area contributed by atoms with Crippen molar-refractivity contribution in [2.24, 2.45) is 4.99 Å². The van der Waals surface area contributed by atoms with Gasteiger partial charge in [-0.05, 0) is 19.4 Å². The lowest BCUT2D eigenvalue weighted by Crippen LogP contribution is -2.36. The van der Waals surface area contributed by atoms with Gasteiger partial charge in [-0.1, -0.05) is 29.8 Å². The van der Waals surface area contributed by atoms with E-state index in [-0.39, 0.29) is 30.5 Å². The zero-order chi connectivity index (χ0) is 17.6. The Kier molecular flexibility index (Phi) is 8.63. The van der Waals surface area contributed by atoms with Gasteiger partial charge in [0, 0.05) is 11.9 Å². The molecular formula is C16H20F3IN4S. The van der Waals surface area contributed by atoms with Crippen LogP contribution in [0.2, 0.25) is 0 Å². The van der Waals surface area contributed by atoms with Crippen LogP contribution in [0.5, 0.6) is 0 Å². The first-order valence-corrected chi connectivity index (χ1v) is 8.35. The standard InChI is InChI=1S/C16H19F3N4S.HI/c1-3-20-15(21-8-12-6-4-11(2)5-7-12)22-9-14-23-13(10-24-14)16(17,18)19;/h4-7,10H,3,8-9H2,1-2H3,(H2,20,21,22);1H. The van der Waals surface area contributed by atoms with Crippen LogP contribution in [0.3, 0.4) is 0 Å². The highest BCUT2D eigenvalue weighted by molar-refractivity contribution is 14.0. The predicted molar refractivity (Wildman–Crippen MR) is 105 cm³/mol. The third-order valence-corrected chi connectivity index (χ3v) is 3.98. The maximum atomic E-state index is 12.5. The van der Waals surface area contributed by atoms with Crippen molar-refractivity contribution in [3.8, 4) is 0 Å². The lowest BCUT2D eigenvalue weighted by atomic mass is 10.1. The third-order valence-electron chi connectivity index (χ3n) is 3.13. The number of aryl methyl sites for hydroxylation is 1. The fraction of sp³-hybridized carbons (Fsp3) is 0.375. The Labute approximate surface area is 166 Å². The maximum absolute atomic E-state index is 12.5. The zero-order valence-corrected chi connectivity index (χ0v) is 17.0. The van der Waals surface area contributed by atoms with Crippen LogP contribution in [0.1, 0.15) is 28.8 Å². The molecule has 4 nitrogen and oxygen atoms in total. The maximum Gasteiger partial charge on any atom is 0.434 e. The molecule has 9 heteroatoms. The van der Waals surface area contributed by atoms with Crippen molar-refractivity contribution < 1.29 is 13.2 Å². The number of nitrogens with one attached hydrogen (secondary N) is 2. The monoisotopic (exact) mass is 484 g/mol. The van der Waals surface area contributed by atoms with E-state index in [1.54, 1.807) is 0 Å². The first-order chi connectivity index (χ1) is 11.4. The van der Waals surface area contributed by atoms with E-state index in [9.17, 15) is 13.2 Å². The summed E-state index contributed by atoms with van der Waals surface area (Å²) in [6.07, 6.45) is -4.40. The molecule has 1 heterocycles. The first kappa shape index (κ1) is 21.7. The minimum absolute atomic E-state index is 0. The molecule has 0 bridgehead atoms. The van der Waals surface area contributed by atoms with E-state index in [0.29, 0.717) is 24.1 Å². The Morgan fingerprint density at radius 2 is 1.88 bits per heavy atom. The van der Waals surface area contributed by atoms with Crippen LogP contribution in [-0.4, -0.2) is 17.5 Å². The van der Waals surface area contributed by atoms with Gasteiger partial charge in [0.15, 0.2) is 11.7 Å². The molecular weight excluding hydrogens is 464 g/mol. The van der Waals surface area contributed by atoms with Crippen LogP contribution >= 0.6 is 35.3 Å². The Morgan fingerprint density at radius 3 is 2.44 bits per heavy atom. The van der Waals surface area contributed by atoms with E-state index in [2.05, 4.69) is 20.6 Å². The molecule has 1 aromatic heterocycles. The molecule has 0 spiro atoms. The molecule has 0 fully saturated rings. The molecule has 138 valence electrons. The molecule has 0 aliphatic heterocycles. The summed E-state index contributed by atoms with van der Waals surface area (Å²) in [7, 11) is 0. The minimum atomic E-state index is -4.40. The highest BCUT2D eigenvalue weighted by atomic mass is 127. The minimum Gasteiger partial charge on any atom is -0.357 e. The summed E-state index contributed by atoms with van der Waals surface area (Å²) in [4.78, 5) is 8.02. The summed E-state index contributed by atoms with van der Waals surface area (Å²) in [5.41, 5.74) is 1.38. The molecule has 2 N–H and O–H groups in total. The van der Waals surface area contributed by atoms with Gasteiger partial charge in [-0.15, -0.1) is 35.3 Å². The molecule has 0 saturated heterocycles. The van der Waals surface area contributed by atoms with Crippen molar-refractivity contribution in [2.45, 2.75) is 33.1 Å². The topological polar surface area (TPSA) is 49.3 Å². The molecule has 0 unspecified atom stereocenters. The average molecular weight is 484 g/mol. The fourth-order valence-electron chi connectivity index (χ4n) is 1.89. The fourth-order valence-corrected chi connectivity index (χ4v) is 2.63. The normalized spacial score (nSPS) is 11.8. The number of nitrogens with zero attached hydrogens (tertiary/aromatic N) is 2. The second-order valence-electron chi connectivity index (χ2n) is 5.16. The zero-order valence-electron chi connectivity index (χ0n) is 13.9. The van der Waals surface area contributed by atoms with Gasteiger partial charge in [-0.2, -0.15) is 13.2 Å². The largest absolute Gasteiger partial charge is 0.434 e. The van der Waals surface area contributed by atoms with E-state index < -0.39 is 11.9 Å². The van der Waals surface area contributed by atoms with E-state index in [1.807, 2.05) is 38.1 Å². The molecule has 25 heavy (non-hydrogen) atoms. The Morgan fingerprint density at radius 1 is 1.20 bits per heavy atom. The van der Waals surface area contributed by atoms with Gasteiger partial charge in [0.05, 0.1) is 13.1 Å². The summed E-state index contributed by atoms with van der Waals surface area (Å²) in [5.74, 6) is 0.543. The quantitative estimate of drug-likeness (QED) is 0.377. The molecule has 0 aliphatic carbocycles. The van der Waals surface area contributed by atoms with Crippen LogP contribution in [0.15, 0.2) is 34.6 Å². The van der Waals surface area contributed by atoms with Crippen molar-refractivity contribution in [1.29, 1.82) is 0 Å². The Bertz CT molecular complexity index is 683. The van der Waals surface area contributed by atoms with E-state index >= 15 is 0 Å². The molecule has 1 aromatic carbocycles. The molecule has 0 saturated carbocycles. The summed E-state index contributed by atoms with van der Waals surface area (Å²) in [6.45, 7) is 5.28. The average Bonchev–Trinajstić information content (AvgIpc) is 3.01. The predicted octanol–water partition coefficient (Wildman–Crippen LogP) is 4.34. The number of aromatic nitrogens is 1. The van der Waals surface area contributed by atoms with Crippen molar-refractivity contribution >= 4 is 41.3 Å². The molecule has 0 aliphatic rings. The van der Waals surface area contributed by atoms with Crippen molar-refractivity contribution in [1.82, 2.24) is 15.6 Å². The highest BCUT2D eigenvalue weighted by Gasteiger charge is 2.33. The number of alkyl halides is 3. The number of rotatable bonds is 5. The molecule has 0 atom stereocenters. The van der Waals surface area contributed by atoms with Gasteiger partial charge in [0.25, 0.3) is 0 Å². The first-order valence-electron chi connectivity index (χ1n) is 7.48. The molecule has 0 amide bonds. The van der Waals surface area contributed by atoms with Gasteiger partial charge in [0.1, 0.15) is 5.01 Å². The number of hydrogen-bond acceptors (Lipinski definition) is 3. The van der Waals surface area contributed by atoms with Gasteiger partial charge in [-0.25, -0.2) is 9.98 Å². The van der Waals surface area contributed by atoms with Gasteiger partial charge < -0.3 is 10.6 Å². The number of hydrogen-bond donors (Lipinski definition) is 2. The van der Waals surface area contributed by atoms with Crippen LogP contribution < -0.4 is 10.6 Å². The summed E-state index contributed by atoms with van der Waals surface area (Å²) < 4.78 is 37.6. The lowest BCUT2D eigenvalue weighted by Gasteiger charge is -2.10. The van der Waals surface area contributed by atoms with Crippen LogP contribution in [0.25, 0.3) is 0 Å². The van der Waals surface area contributed by atoms with E-state index in [0.717, 1.165) is 22.3 Å². The van der Waals surface area contributed by atoms with Gasteiger partial charge >= 0.3 is 6.18 Å². The van der Waals surface area contributed by atoms with Crippen LogP contribution in [0, 0.1) is 6.92 Å². The molecule has 2 rings (SSSR count). The number of guanidine groups is 1. The SMILES string of the molecule is CCNC(=NCc1ccc(C)cc1)NCc1nc(C(F)(F)F)cs1.I. The highest BCUT2D eigenvalue weighted by Crippen LogP contribution is 2.29. The second-order valence-corrected chi connectivity index (χ2v) is 6.10. The lowest BCUT2D eigenvalue weighted by molar-refractivity contribution is -0.140. The molecule has 2 aromatic rings. The third kappa shape index (κ3) is 7.18. The summed E-state index contributed by atoms with van der Waals surface area (Å²) in [6, 6.07) is 8.02. The number of halogens is 4. The van der Waals surface area contributed by atoms with Crippen molar-refractivity contribution in [2.75, 3.05) is 6.54 Å².